The van der Waals surface area contributed by atoms with Gasteiger partial charge in [0.15, 0.2) is 12.6 Å². The van der Waals surface area contributed by atoms with Crippen molar-refractivity contribution in [3.8, 4) is 0 Å². The summed E-state index contributed by atoms with van der Waals surface area (Å²) in [6.45, 7) is 7.26. The van der Waals surface area contributed by atoms with Gasteiger partial charge in [-0.3, -0.25) is 0 Å². The van der Waals surface area contributed by atoms with Gasteiger partial charge in [0.25, 0.3) is 0 Å². The Labute approximate surface area is 272 Å². The first-order valence-electron chi connectivity index (χ1n) is 17.4. The average Bonchev–Trinajstić information content (AvgIpc) is 3.02. The van der Waals surface area contributed by atoms with Gasteiger partial charge in [0.2, 0.25) is 0 Å². The van der Waals surface area contributed by atoms with E-state index in [1.54, 1.807) is 6.92 Å². The highest BCUT2D eigenvalue weighted by atomic mass is 31.0. The number of hydrogen-bond acceptors (Lipinski definition) is 11. The molecule has 0 aliphatic carbocycles. The maximum Gasteiger partial charge on any atom is 0.186 e. The molecule has 12 heteroatoms. The summed E-state index contributed by atoms with van der Waals surface area (Å²) in [6.07, 6.45) is 0.963. The van der Waals surface area contributed by atoms with Crippen molar-refractivity contribution >= 4 is 9.24 Å². The molecular formula is C33H63O11P. The van der Waals surface area contributed by atoms with Gasteiger partial charge >= 0.3 is 0 Å². The van der Waals surface area contributed by atoms with Crippen molar-refractivity contribution in [1.82, 2.24) is 0 Å². The molecule has 0 spiro atoms. The molecule has 16 unspecified atom stereocenters. The van der Waals surface area contributed by atoms with Crippen LogP contribution in [0.15, 0.2) is 0 Å². The molecular weight excluding hydrogens is 603 g/mol. The van der Waals surface area contributed by atoms with Crippen molar-refractivity contribution in [2.75, 3.05) is 19.4 Å². The van der Waals surface area contributed by atoms with E-state index in [0.717, 1.165) is 51.1 Å². The van der Waals surface area contributed by atoms with Crippen LogP contribution in [-0.2, 0) is 23.7 Å². The van der Waals surface area contributed by atoms with Crippen LogP contribution < -0.4 is 0 Å². The Morgan fingerprint density at radius 1 is 0.822 bits per heavy atom. The van der Waals surface area contributed by atoms with Crippen LogP contribution in [0, 0.1) is 17.8 Å². The minimum atomic E-state index is -1.46. The Morgan fingerprint density at radius 3 is 2.20 bits per heavy atom. The molecule has 3 rings (SSSR count). The number of unbranched alkanes of at least 4 members (excludes halogenated alkanes) is 4. The minimum absolute atomic E-state index is 0.0284. The fraction of sp³-hybridized carbons (Fsp3) is 1.00. The quantitative estimate of drug-likeness (QED) is 0.0940. The summed E-state index contributed by atoms with van der Waals surface area (Å²) >= 11 is 0. The number of aliphatic hydroxyl groups is 6. The third kappa shape index (κ3) is 11.5. The van der Waals surface area contributed by atoms with E-state index in [2.05, 4.69) is 16.2 Å². The third-order valence-electron chi connectivity index (χ3n) is 10.1. The normalized spacial score (nSPS) is 38.9. The summed E-state index contributed by atoms with van der Waals surface area (Å²) < 4.78 is 30.8. The molecule has 6 N–H and O–H groups in total. The van der Waals surface area contributed by atoms with E-state index in [1.807, 2.05) is 13.8 Å². The van der Waals surface area contributed by atoms with Gasteiger partial charge in [-0.2, -0.15) is 0 Å². The van der Waals surface area contributed by atoms with Crippen LogP contribution in [0.4, 0.5) is 0 Å². The molecule has 0 amide bonds. The second kappa shape index (κ2) is 19.9. The van der Waals surface area contributed by atoms with Gasteiger partial charge in [0.1, 0.15) is 24.4 Å². The van der Waals surface area contributed by atoms with Crippen LogP contribution in [-0.4, -0.2) is 124 Å². The van der Waals surface area contributed by atoms with Crippen molar-refractivity contribution in [3.63, 3.8) is 0 Å². The zero-order valence-electron chi connectivity index (χ0n) is 27.9. The van der Waals surface area contributed by atoms with E-state index in [1.165, 1.54) is 12.8 Å². The first kappa shape index (κ1) is 39.4. The second-order valence-corrected chi connectivity index (χ2v) is 14.4. The Bertz CT molecular complexity index is 811. The molecule has 0 aromatic rings. The predicted octanol–water partition coefficient (Wildman–Crippen LogP) is 2.50. The molecule has 3 aliphatic heterocycles. The van der Waals surface area contributed by atoms with Crippen LogP contribution in [0.5, 0.6) is 0 Å². The topological polar surface area (TPSA) is 168 Å². The molecule has 266 valence electrons. The number of rotatable bonds is 18. The largest absolute Gasteiger partial charge is 0.396 e. The zero-order chi connectivity index (χ0) is 33.1. The van der Waals surface area contributed by atoms with Gasteiger partial charge in [0, 0.05) is 13.0 Å². The molecule has 45 heavy (non-hydrogen) atoms. The predicted molar refractivity (Wildman–Crippen MR) is 172 cm³/mol. The lowest BCUT2D eigenvalue weighted by molar-refractivity contribution is -0.315. The van der Waals surface area contributed by atoms with E-state index in [0.29, 0.717) is 12.8 Å². The summed E-state index contributed by atoms with van der Waals surface area (Å²) in [5, 5.41) is 63.6. The fourth-order valence-electron chi connectivity index (χ4n) is 7.07. The summed E-state index contributed by atoms with van der Waals surface area (Å²) in [6, 6.07) is 0. The molecule has 16 atom stereocenters. The van der Waals surface area contributed by atoms with E-state index in [-0.39, 0.29) is 37.1 Å². The van der Waals surface area contributed by atoms with Crippen molar-refractivity contribution in [3.05, 3.63) is 0 Å². The third-order valence-corrected chi connectivity index (χ3v) is 10.5. The second-order valence-electron chi connectivity index (χ2n) is 13.9. The van der Waals surface area contributed by atoms with E-state index < -0.39 is 67.5 Å². The summed E-state index contributed by atoms with van der Waals surface area (Å²) in [4.78, 5) is 0. The van der Waals surface area contributed by atoms with Gasteiger partial charge in [-0.15, -0.1) is 9.24 Å². The molecule has 0 bridgehead atoms. The molecule has 0 radical (unpaired) electrons. The minimum Gasteiger partial charge on any atom is -0.396 e. The van der Waals surface area contributed by atoms with Crippen LogP contribution in [0.25, 0.3) is 0 Å². The van der Waals surface area contributed by atoms with E-state index in [9.17, 15) is 30.6 Å². The number of hydrogen-bond donors (Lipinski definition) is 6. The first-order valence-corrected chi connectivity index (χ1v) is 18.2. The smallest absolute Gasteiger partial charge is 0.186 e. The maximum absolute atomic E-state index is 11.6. The van der Waals surface area contributed by atoms with E-state index >= 15 is 0 Å². The Kier molecular flexibility index (Phi) is 17.4. The molecule has 0 aromatic carbocycles. The molecule has 3 aliphatic rings. The lowest BCUT2D eigenvalue weighted by Gasteiger charge is -2.46. The molecule has 3 fully saturated rings. The van der Waals surface area contributed by atoms with E-state index in [4.69, 9.17) is 23.7 Å². The molecule has 3 heterocycles. The molecule has 3 saturated heterocycles. The van der Waals surface area contributed by atoms with Crippen molar-refractivity contribution in [2.24, 2.45) is 17.8 Å². The van der Waals surface area contributed by atoms with Gasteiger partial charge in [-0.05, 0) is 76.3 Å². The van der Waals surface area contributed by atoms with Gasteiger partial charge in [0.05, 0.1) is 43.2 Å². The maximum atomic E-state index is 11.6. The summed E-state index contributed by atoms with van der Waals surface area (Å²) in [5.74, 6) is -0.652. The zero-order valence-corrected chi connectivity index (χ0v) is 29.0. The van der Waals surface area contributed by atoms with Crippen LogP contribution in [0.1, 0.15) is 98.3 Å². The number of ether oxygens (including phenoxy) is 5. The van der Waals surface area contributed by atoms with Crippen molar-refractivity contribution in [2.45, 2.75) is 172 Å². The highest BCUT2D eigenvalue weighted by molar-refractivity contribution is 7.16. The lowest BCUT2D eigenvalue weighted by atomic mass is 9.76. The van der Waals surface area contributed by atoms with Crippen LogP contribution >= 0.6 is 9.24 Å². The lowest BCUT2D eigenvalue weighted by Crippen LogP contribution is -2.59. The highest BCUT2D eigenvalue weighted by Crippen LogP contribution is 2.38. The summed E-state index contributed by atoms with van der Waals surface area (Å²) in [7, 11) is 2.77. The Balaban J connectivity index is 1.81. The Morgan fingerprint density at radius 2 is 1.53 bits per heavy atom. The monoisotopic (exact) mass is 666 g/mol. The molecule has 0 aromatic heterocycles. The van der Waals surface area contributed by atoms with Gasteiger partial charge in [-0.1, -0.05) is 39.5 Å². The first-order chi connectivity index (χ1) is 21.5. The standard InChI is InChI=1S/C33H63O11P/c1-19(11-8-6-5-7-9-14-45)32(44-33-31(39)30(38)28(36)22(4)41-33)24(20(2)17-34)16-26-29(37)25(15-23(18-35)42-26)43-27-13-10-12-21(3)40-27/h19-39H,5-18,45H2,1-4H3. The number of aliphatic hydroxyl groups excluding tert-OH is 6. The van der Waals surface area contributed by atoms with Crippen molar-refractivity contribution in [1.29, 1.82) is 0 Å². The van der Waals surface area contributed by atoms with Crippen LogP contribution in [0.2, 0.25) is 0 Å². The average molecular weight is 667 g/mol. The highest BCUT2D eigenvalue weighted by Gasteiger charge is 2.47. The van der Waals surface area contributed by atoms with Gasteiger partial charge < -0.3 is 54.3 Å². The fourth-order valence-corrected chi connectivity index (χ4v) is 7.36. The molecule has 0 saturated carbocycles. The Hall–Kier alpha value is -0.0100. The van der Waals surface area contributed by atoms with Crippen LogP contribution in [0.3, 0.4) is 0 Å². The van der Waals surface area contributed by atoms with Gasteiger partial charge in [-0.25, -0.2) is 0 Å². The van der Waals surface area contributed by atoms with Crippen molar-refractivity contribution < 1.29 is 54.3 Å². The SMILES string of the molecule is CC1CCCC(OC2CC(CO)OC(CC(C(C)CO)C(OC3OC(C)C(O)C(O)C3O)C(C)CCCCCCCP)C2O)O1. The molecule has 11 nitrogen and oxygen atoms in total. The summed E-state index contributed by atoms with van der Waals surface area (Å²) in [5.41, 5.74) is 0.